The lowest BCUT2D eigenvalue weighted by Gasteiger charge is -2.26. The number of hydrogen-bond donors (Lipinski definition) is 2. The summed E-state index contributed by atoms with van der Waals surface area (Å²) in [6, 6.07) is 11.6. The van der Waals surface area contributed by atoms with E-state index in [1.54, 1.807) is 11.3 Å². The number of carbonyl (C=O) groups excluding carboxylic acids is 1. The predicted octanol–water partition coefficient (Wildman–Crippen LogP) is 4.39. The molecule has 0 saturated carbocycles. The molecule has 2 rings (SSSR count). The normalized spacial score (nSPS) is 13.8. The molecule has 5 heteroatoms. The molecule has 2 aromatic rings. The second-order valence-electron chi connectivity index (χ2n) is 5.96. The molecule has 23 heavy (non-hydrogen) atoms. The molecular formula is C18H23ClN2OS. The van der Waals surface area contributed by atoms with Gasteiger partial charge in [0, 0.05) is 15.9 Å². The highest BCUT2D eigenvalue weighted by atomic mass is 35.5. The molecule has 1 amide bonds. The molecule has 0 radical (unpaired) electrons. The molecule has 0 spiro atoms. The molecule has 0 fully saturated rings. The van der Waals surface area contributed by atoms with Crippen molar-refractivity contribution in [3.8, 4) is 0 Å². The van der Waals surface area contributed by atoms with Gasteiger partial charge in [-0.25, -0.2) is 0 Å². The first kappa shape index (κ1) is 18.0. The molecule has 1 aromatic heterocycles. The lowest BCUT2D eigenvalue weighted by molar-refractivity contribution is -0.123. The van der Waals surface area contributed by atoms with Gasteiger partial charge in [-0.2, -0.15) is 0 Å². The van der Waals surface area contributed by atoms with Crippen LogP contribution in [0.25, 0.3) is 0 Å². The van der Waals surface area contributed by atoms with Crippen LogP contribution in [-0.2, 0) is 11.3 Å². The van der Waals surface area contributed by atoms with E-state index in [9.17, 15) is 4.79 Å². The predicted molar refractivity (Wildman–Crippen MR) is 97.8 cm³/mol. The molecule has 0 aliphatic heterocycles. The third kappa shape index (κ3) is 5.34. The van der Waals surface area contributed by atoms with Gasteiger partial charge in [0.1, 0.15) is 0 Å². The van der Waals surface area contributed by atoms with Gasteiger partial charge in [-0.05, 0) is 42.0 Å². The molecule has 0 unspecified atom stereocenters. The van der Waals surface area contributed by atoms with Crippen molar-refractivity contribution in [2.75, 3.05) is 0 Å². The zero-order valence-corrected chi connectivity index (χ0v) is 15.2. The van der Waals surface area contributed by atoms with Crippen molar-refractivity contribution in [1.29, 1.82) is 0 Å². The van der Waals surface area contributed by atoms with E-state index < -0.39 is 0 Å². The maximum Gasteiger partial charge on any atom is 0.237 e. The van der Waals surface area contributed by atoms with Crippen molar-refractivity contribution in [2.24, 2.45) is 5.92 Å². The SMILES string of the molecule is CC(C)[C@H](N[C@@H](C)C(=O)NCc1cccs1)c1ccc(Cl)cc1. The lowest BCUT2D eigenvalue weighted by Crippen LogP contribution is -2.44. The number of carbonyl (C=O) groups is 1. The van der Waals surface area contributed by atoms with Gasteiger partial charge in [0.25, 0.3) is 0 Å². The summed E-state index contributed by atoms with van der Waals surface area (Å²) in [5.74, 6) is 0.377. The van der Waals surface area contributed by atoms with E-state index in [1.165, 1.54) is 0 Å². The van der Waals surface area contributed by atoms with Crippen LogP contribution in [0.5, 0.6) is 0 Å². The van der Waals surface area contributed by atoms with Gasteiger partial charge in [-0.3, -0.25) is 10.1 Å². The number of benzene rings is 1. The summed E-state index contributed by atoms with van der Waals surface area (Å²) in [6.07, 6.45) is 0. The number of amides is 1. The molecule has 3 nitrogen and oxygen atoms in total. The topological polar surface area (TPSA) is 41.1 Å². The van der Waals surface area contributed by atoms with Crippen LogP contribution in [-0.4, -0.2) is 11.9 Å². The number of rotatable bonds is 7. The summed E-state index contributed by atoms with van der Waals surface area (Å²) >= 11 is 7.60. The monoisotopic (exact) mass is 350 g/mol. The third-order valence-corrected chi connectivity index (χ3v) is 4.86. The molecule has 2 atom stereocenters. The largest absolute Gasteiger partial charge is 0.350 e. The summed E-state index contributed by atoms with van der Waals surface area (Å²) in [4.78, 5) is 13.4. The maximum absolute atomic E-state index is 12.3. The van der Waals surface area contributed by atoms with Crippen molar-refractivity contribution in [3.63, 3.8) is 0 Å². The molecule has 2 N–H and O–H groups in total. The van der Waals surface area contributed by atoms with E-state index in [1.807, 2.05) is 48.7 Å². The number of nitrogens with one attached hydrogen (secondary N) is 2. The van der Waals surface area contributed by atoms with E-state index >= 15 is 0 Å². The molecular weight excluding hydrogens is 328 g/mol. The third-order valence-electron chi connectivity index (χ3n) is 3.74. The zero-order chi connectivity index (χ0) is 16.8. The minimum absolute atomic E-state index is 0.0120. The summed E-state index contributed by atoms with van der Waals surface area (Å²) in [7, 11) is 0. The van der Waals surface area contributed by atoms with Crippen LogP contribution in [0.1, 0.15) is 37.3 Å². The Balaban J connectivity index is 1.95. The number of hydrogen-bond acceptors (Lipinski definition) is 3. The fourth-order valence-corrected chi connectivity index (χ4v) is 3.20. The Labute approximate surface area is 147 Å². The molecule has 0 bridgehead atoms. The van der Waals surface area contributed by atoms with Crippen molar-refractivity contribution < 1.29 is 4.79 Å². The standard InChI is InChI=1S/C18H23ClN2OS/c1-12(2)17(14-6-8-15(19)9-7-14)21-13(3)18(22)20-11-16-5-4-10-23-16/h4-10,12-13,17,21H,11H2,1-3H3,(H,20,22)/t13-,17-/m0/s1. The molecule has 0 aliphatic rings. The summed E-state index contributed by atoms with van der Waals surface area (Å²) in [6.45, 7) is 6.76. The van der Waals surface area contributed by atoms with Crippen molar-refractivity contribution >= 4 is 28.8 Å². The fourth-order valence-electron chi connectivity index (χ4n) is 2.43. The van der Waals surface area contributed by atoms with Gasteiger partial charge in [-0.15, -0.1) is 11.3 Å². The summed E-state index contributed by atoms with van der Waals surface area (Å²) < 4.78 is 0. The van der Waals surface area contributed by atoms with Crippen molar-refractivity contribution in [1.82, 2.24) is 10.6 Å². The van der Waals surface area contributed by atoms with Gasteiger partial charge < -0.3 is 5.32 Å². The van der Waals surface area contributed by atoms with E-state index in [4.69, 9.17) is 11.6 Å². The molecule has 0 aliphatic carbocycles. The highest BCUT2D eigenvalue weighted by Crippen LogP contribution is 2.23. The Morgan fingerprint density at radius 2 is 1.87 bits per heavy atom. The van der Waals surface area contributed by atoms with Gasteiger partial charge >= 0.3 is 0 Å². The fraction of sp³-hybridized carbons (Fsp3) is 0.389. The van der Waals surface area contributed by atoms with Crippen LogP contribution in [0.15, 0.2) is 41.8 Å². The minimum Gasteiger partial charge on any atom is -0.350 e. The average molecular weight is 351 g/mol. The van der Waals surface area contributed by atoms with E-state index in [0.717, 1.165) is 15.5 Å². The van der Waals surface area contributed by atoms with E-state index in [2.05, 4.69) is 24.5 Å². The van der Waals surface area contributed by atoms with Gasteiger partial charge in [0.05, 0.1) is 12.6 Å². The second-order valence-corrected chi connectivity index (χ2v) is 7.43. The van der Waals surface area contributed by atoms with Gasteiger partial charge in [0.15, 0.2) is 0 Å². The first-order valence-corrected chi connectivity index (χ1v) is 9.04. The van der Waals surface area contributed by atoms with Crippen LogP contribution in [0.3, 0.4) is 0 Å². The molecule has 1 heterocycles. The van der Waals surface area contributed by atoms with E-state index in [-0.39, 0.29) is 18.0 Å². The highest BCUT2D eigenvalue weighted by molar-refractivity contribution is 7.09. The maximum atomic E-state index is 12.3. The summed E-state index contributed by atoms with van der Waals surface area (Å²) in [5.41, 5.74) is 1.14. The Bertz CT molecular complexity index is 610. The smallest absolute Gasteiger partial charge is 0.237 e. The Morgan fingerprint density at radius 3 is 2.43 bits per heavy atom. The first-order chi connectivity index (χ1) is 11.0. The van der Waals surface area contributed by atoms with Crippen molar-refractivity contribution in [2.45, 2.75) is 39.4 Å². The minimum atomic E-state index is -0.266. The van der Waals surface area contributed by atoms with Crippen LogP contribution in [0.4, 0.5) is 0 Å². The van der Waals surface area contributed by atoms with E-state index in [0.29, 0.717) is 12.5 Å². The van der Waals surface area contributed by atoms with Crippen molar-refractivity contribution in [3.05, 3.63) is 57.2 Å². The molecule has 1 aromatic carbocycles. The zero-order valence-electron chi connectivity index (χ0n) is 13.7. The average Bonchev–Trinajstić information content (AvgIpc) is 3.04. The van der Waals surface area contributed by atoms with Crippen LogP contribution >= 0.6 is 22.9 Å². The Morgan fingerprint density at radius 1 is 1.17 bits per heavy atom. The van der Waals surface area contributed by atoms with Gasteiger partial charge in [-0.1, -0.05) is 43.6 Å². The lowest BCUT2D eigenvalue weighted by atomic mass is 9.95. The summed E-state index contributed by atoms with van der Waals surface area (Å²) in [5, 5.41) is 9.14. The van der Waals surface area contributed by atoms with Crippen LogP contribution < -0.4 is 10.6 Å². The number of thiophene rings is 1. The Kier molecular flexibility index (Phi) is 6.63. The highest BCUT2D eigenvalue weighted by Gasteiger charge is 2.21. The molecule has 0 saturated heterocycles. The Hall–Kier alpha value is -1.36. The number of halogens is 1. The second kappa shape index (κ2) is 8.48. The van der Waals surface area contributed by atoms with Crippen LogP contribution in [0, 0.1) is 5.92 Å². The first-order valence-electron chi connectivity index (χ1n) is 7.79. The molecule has 124 valence electrons. The quantitative estimate of drug-likeness (QED) is 0.777. The van der Waals surface area contributed by atoms with Gasteiger partial charge in [0.2, 0.25) is 5.91 Å². The van der Waals surface area contributed by atoms with Crippen LogP contribution in [0.2, 0.25) is 5.02 Å².